The number of nitrogens with one attached hydrogen (secondary N) is 1. The number of rotatable bonds is 5. The molecular weight excluding hydrogens is 250 g/mol. The molecule has 0 aromatic carbocycles. The minimum atomic E-state index is -0.0378. The first-order valence-corrected chi connectivity index (χ1v) is 7.38. The van der Waals surface area contributed by atoms with Crippen LogP contribution in [-0.4, -0.2) is 28.8 Å². The molecule has 4 heteroatoms. The molecule has 0 saturated carbocycles. The van der Waals surface area contributed by atoms with Crippen LogP contribution in [0.15, 0.2) is 18.3 Å². The Bertz CT molecular complexity index is 496. The van der Waals surface area contributed by atoms with Crippen LogP contribution in [0, 0.1) is 0 Å². The summed E-state index contributed by atoms with van der Waals surface area (Å²) in [5.41, 5.74) is 10.4. The van der Waals surface area contributed by atoms with E-state index < -0.39 is 0 Å². The molecule has 0 aliphatic heterocycles. The van der Waals surface area contributed by atoms with Gasteiger partial charge in [0.25, 0.3) is 0 Å². The van der Waals surface area contributed by atoms with Crippen LogP contribution in [0.25, 0.3) is 5.57 Å². The highest BCUT2D eigenvalue weighted by atomic mass is 16.3. The van der Waals surface area contributed by atoms with E-state index in [1.807, 2.05) is 18.3 Å². The summed E-state index contributed by atoms with van der Waals surface area (Å²) in [6.07, 6.45) is 5.56. The van der Waals surface area contributed by atoms with Crippen LogP contribution >= 0.6 is 0 Å². The molecule has 4 N–H and O–H groups in total. The van der Waals surface area contributed by atoms with Crippen molar-refractivity contribution in [1.82, 2.24) is 10.3 Å². The molecule has 0 amide bonds. The van der Waals surface area contributed by atoms with Crippen LogP contribution in [0.1, 0.15) is 50.1 Å². The molecule has 1 aliphatic rings. The van der Waals surface area contributed by atoms with E-state index in [0.29, 0.717) is 6.04 Å². The number of pyridine rings is 1. The first kappa shape index (κ1) is 15.2. The molecule has 1 aromatic rings. The molecule has 0 radical (unpaired) electrons. The van der Waals surface area contributed by atoms with E-state index in [1.54, 1.807) is 0 Å². The van der Waals surface area contributed by atoms with E-state index >= 15 is 0 Å². The number of nitrogens with two attached hydrogens (primary N) is 1. The lowest BCUT2D eigenvalue weighted by molar-refractivity contribution is 0.349. The fraction of sp³-hybridized carbons (Fsp3) is 0.562. The van der Waals surface area contributed by atoms with Crippen LogP contribution in [0.3, 0.4) is 0 Å². The predicted molar refractivity (Wildman–Crippen MR) is 82.3 cm³/mol. The average molecular weight is 275 g/mol. The van der Waals surface area contributed by atoms with Gasteiger partial charge in [0, 0.05) is 24.3 Å². The highest BCUT2D eigenvalue weighted by Gasteiger charge is 2.24. The maximum Gasteiger partial charge on any atom is 0.0685 e. The van der Waals surface area contributed by atoms with E-state index in [0.717, 1.165) is 29.7 Å². The van der Waals surface area contributed by atoms with Gasteiger partial charge in [0.1, 0.15) is 0 Å². The van der Waals surface area contributed by atoms with Crippen molar-refractivity contribution in [2.24, 2.45) is 5.73 Å². The molecule has 2 atom stereocenters. The van der Waals surface area contributed by atoms with Gasteiger partial charge in [0.15, 0.2) is 0 Å². The Morgan fingerprint density at radius 1 is 1.50 bits per heavy atom. The Hall–Kier alpha value is -1.23. The minimum Gasteiger partial charge on any atom is -0.392 e. The summed E-state index contributed by atoms with van der Waals surface area (Å²) in [6, 6.07) is 2.58. The van der Waals surface area contributed by atoms with Gasteiger partial charge in [-0.3, -0.25) is 4.98 Å². The number of aromatic nitrogens is 1. The van der Waals surface area contributed by atoms with Crippen molar-refractivity contribution in [2.75, 3.05) is 6.61 Å². The predicted octanol–water partition coefficient (Wildman–Crippen LogP) is 1.79. The maximum absolute atomic E-state index is 9.53. The van der Waals surface area contributed by atoms with Crippen LogP contribution in [0.5, 0.6) is 0 Å². The number of hydrogen-bond acceptors (Lipinski definition) is 4. The van der Waals surface area contributed by atoms with Crippen LogP contribution in [0.4, 0.5) is 0 Å². The number of hydrogen-bond donors (Lipinski definition) is 3. The van der Waals surface area contributed by atoms with Gasteiger partial charge in [0.05, 0.1) is 12.3 Å². The summed E-state index contributed by atoms with van der Waals surface area (Å²) in [6.45, 7) is 6.47. The first-order valence-electron chi connectivity index (χ1n) is 7.38. The van der Waals surface area contributed by atoms with Gasteiger partial charge >= 0.3 is 0 Å². The lowest BCUT2D eigenvalue weighted by Gasteiger charge is -2.27. The molecule has 0 unspecified atom stereocenters. The quantitative estimate of drug-likeness (QED) is 0.766. The second-order valence-corrected chi connectivity index (χ2v) is 5.72. The molecule has 0 spiro atoms. The van der Waals surface area contributed by atoms with Crippen molar-refractivity contribution < 1.29 is 5.11 Å². The van der Waals surface area contributed by atoms with Crippen molar-refractivity contribution in [3.05, 3.63) is 35.2 Å². The van der Waals surface area contributed by atoms with Gasteiger partial charge in [-0.05, 0) is 35.6 Å². The molecule has 4 nitrogen and oxygen atoms in total. The highest BCUT2D eigenvalue weighted by Crippen LogP contribution is 2.31. The highest BCUT2D eigenvalue weighted by molar-refractivity contribution is 5.72. The van der Waals surface area contributed by atoms with Crippen LogP contribution in [-0.2, 0) is 6.42 Å². The summed E-state index contributed by atoms with van der Waals surface area (Å²) < 4.78 is 0. The Balaban J connectivity index is 2.44. The molecule has 1 heterocycles. The molecule has 20 heavy (non-hydrogen) atoms. The van der Waals surface area contributed by atoms with Crippen molar-refractivity contribution in [1.29, 1.82) is 0 Å². The fourth-order valence-corrected chi connectivity index (χ4v) is 2.90. The minimum absolute atomic E-state index is 0.0263. The Kier molecular flexibility index (Phi) is 4.91. The summed E-state index contributed by atoms with van der Waals surface area (Å²) in [5, 5.41) is 13.1. The fourth-order valence-electron chi connectivity index (χ4n) is 2.90. The third-order valence-corrected chi connectivity index (χ3v) is 3.73. The molecular formula is C16H25N3O. The van der Waals surface area contributed by atoms with E-state index in [-0.39, 0.29) is 18.7 Å². The van der Waals surface area contributed by atoms with Gasteiger partial charge in [0.2, 0.25) is 0 Å². The second kappa shape index (κ2) is 6.48. The van der Waals surface area contributed by atoms with E-state index in [1.165, 1.54) is 5.56 Å². The normalized spacial score (nSPS) is 19.7. The first-order chi connectivity index (χ1) is 9.56. The smallest absolute Gasteiger partial charge is 0.0685 e. The second-order valence-electron chi connectivity index (χ2n) is 5.72. The SMILES string of the molecule is CC[C@@H](NC(C)C)c1nccc2c1C[C@H](N)C=C2CO. The van der Waals surface area contributed by atoms with Crippen LogP contribution in [0.2, 0.25) is 0 Å². The lowest BCUT2D eigenvalue weighted by Crippen LogP contribution is -2.32. The summed E-state index contributed by atoms with van der Waals surface area (Å²) in [7, 11) is 0. The third kappa shape index (κ3) is 3.08. The Morgan fingerprint density at radius 3 is 2.85 bits per heavy atom. The van der Waals surface area contributed by atoms with E-state index in [4.69, 9.17) is 5.73 Å². The van der Waals surface area contributed by atoms with Crippen LogP contribution < -0.4 is 11.1 Å². The van der Waals surface area contributed by atoms with Crippen molar-refractivity contribution in [3.63, 3.8) is 0 Å². The average Bonchev–Trinajstić information content (AvgIpc) is 2.43. The number of fused-ring (bicyclic) bond motifs is 1. The number of aliphatic hydroxyl groups excluding tert-OH is 1. The van der Waals surface area contributed by atoms with Gasteiger partial charge in [-0.15, -0.1) is 0 Å². The van der Waals surface area contributed by atoms with Gasteiger partial charge in [-0.1, -0.05) is 26.8 Å². The summed E-state index contributed by atoms with van der Waals surface area (Å²) >= 11 is 0. The molecule has 110 valence electrons. The Labute approximate surface area is 121 Å². The largest absolute Gasteiger partial charge is 0.392 e. The molecule has 0 fully saturated rings. The van der Waals surface area contributed by atoms with E-state index in [2.05, 4.69) is 31.1 Å². The lowest BCUT2D eigenvalue weighted by atomic mass is 9.86. The Morgan fingerprint density at radius 2 is 2.25 bits per heavy atom. The zero-order valence-corrected chi connectivity index (χ0v) is 12.6. The number of aliphatic hydroxyl groups is 1. The zero-order valence-electron chi connectivity index (χ0n) is 12.6. The molecule has 1 aromatic heterocycles. The molecule has 0 saturated heterocycles. The summed E-state index contributed by atoms with van der Waals surface area (Å²) in [5.74, 6) is 0. The topological polar surface area (TPSA) is 71.2 Å². The van der Waals surface area contributed by atoms with Gasteiger partial charge in [-0.25, -0.2) is 0 Å². The van der Waals surface area contributed by atoms with E-state index in [9.17, 15) is 5.11 Å². The molecule has 2 rings (SSSR count). The number of nitrogens with zero attached hydrogens (tertiary/aromatic N) is 1. The summed E-state index contributed by atoms with van der Waals surface area (Å²) in [4.78, 5) is 4.59. The van der Waals surface area contributed by atoms with Crippen molar-refractivity contribution in [2.45, 2.75) is 51.7 Å². The monoisotopic (exact) mass is 275 g/mol. The van der Waals surface area contributed by atoms with Gasteiger partial charge in [-0.2, -0.15) is 0 Å². The third-order valence-electron chi connectivity index (χ3n) is 3.73. The zero-order chi connectivity index (χ0) is 14.7. The molecule has 1 aliphatic carbocycles. The molecule has 0 bridgehead atoms. The standard InChI is InChI=1S/C16H25N3O/c1-4-15(19-10(2)3)16-14-8-12(17)7-11(9-20)13(14)5-6-18-16/h5-7,10,12,15,19-20H,4,8-9,17H2,1-3H3/t12-,15-/m1/s1. The van der Waals surface area contributed by atoms with Crippen molar-refractivity contribution >= 4 is 5.57 Å². The van der Waals surface area contributed by atoms with Crippen molar-refractivity contribution in [3.8, 4) is 0 Å². The maximum atomic E-state index is 9.53. The van der Waals surface area contributed by atoms with Gasteiger partial charge < -0.3 is 16.2 Å².